The minimum absolute atomic E-state index is 0.192. The lowest BCUT2D eigenvalue weighted by atomic mass is 10.2. The second kappa shape index (κ2) is 9.19. The molecule has 4 aromatic rings. The van der Waals surface area contributed by atoms with Crippen LogP contribution in [0.15, 0.2) is 78.4 Å². The number of hydrogen-bond acceptors (Lipinski definition) is 6. The van der Waals surface area contributed by atoms with Crippen LogP contribution in [0.25, 0.3) is 11.3 Å². The fourth-order valence-corrected chi connectivity index (χ4v) is 3.62. The zero-order chi connectivity index (χ0) is 20.8. The van der Waals surface area contributed by atoms with E-state index in [9.17, 15) is 4.79 Å². The molecule has 7 heteroatoms. The SMILES string of the molecule is CCOc1cccc(C(=O)Nc2cccc(Nc3nc(-c4ccncc4)cs3)c2)c1. The number of carbonyl (C=O) groups is 1. The molecule has 0 saturated heterocycles. The topological polar surface area (TPSA) is 76.1 Å². The number of benzene rings is 2. The van der Waals surface area contributed by atoms with E-state index in [2.05, 4.69) is 20.6 Å². The average Bonchev–Trinajstić information content (AvgIpc) is 3.23. The Labute approximate surface area is 178 Å². The van der Waals surface area contributed by atoms with Gasteiger partial charge in [0, 0.05) is 40.3 Å². The summed E-state index contributed by atoms with van der Waals surface area (Å²) in [5.41, 5.74) is 3.98. The predicted octanol–water partition coefficient (Wildman–Crippen LogP) is 5.60. The van der Waals surface area contributed by atoms with Gasteiger partial charge in [-0.1, -0.05) is 12.1 Å². The minimum atomic E-state index is -0.192. The molecule has 2 heterocycles. The van der Waals surface area contributed by atoms with Crippen LogP contribution in [0.2, 0.25) is 0 Å². The lowest BCUT2D eigenvalue weighted by Gasteiger charge is -2.09. The standard InChI is InChI=1S/C23H20N4O2S/c1-2-29-20-8-3-5-17(13-20)22(28)25-18-6-4-7-19(14-18)26-23-27-21(15-30-23)16-9-11-24-12-10-16/h3-15H,2H2,1H3,(H,25,28)(H,26,27). The Morgan fingerprint density at radius 1 is 1.03 bits per heavy atom. The van der Waals surface area contributed by atoms with E-state index < -0.39 is 0 Å². The molecular weight excluding hydrogens is 396 g/mol. The van der Waals surface area contributed by atoms with Crippen LogP contribution in [-0.4, -0.2) is 22.5 Å². The van der Waals surface area contributed by atoms with Gasteiger partial charge in [0.15, 0.2) is 5.13 Å². The molecule has 30 heavy (non-hydrogen) atoms. The highest BCUT2D eigenvalue weighted by atomic mass is 32.1. The number of carbonyl (C=O) groups excluding carboxylic acids is 1. The predicted molar refractivity (Wildman–Crippen MR) is 121 cm³/mol. The third-order valence-corrected chi connectivity index (χ3v) is 5.02. The number of thiazole rings is 1. The quantitative estimate of drug-likeness (QED) is 0.410. The molecule has 2 N–H and O–H groups in total. The number of ether oxygens (including phenoxy) is 1. The molecule has 0 saturated carbocycles. The summed E-state index contributed by atoms with van der Waals surface area (Å²) in [6.45, 7) is 2.46. The minimum Gasteiger partial charge on any atom is -0.494 e. The molecule has 2 aromatic carbocycles. The molecule has 0 aliphatic carbocycles. The Bertz CT molecular complexity index is 1140. The van der Waals surface area contributed by atoms with Crippen molar-refractivity contribution in [1.29, 1.82) is 0 Å². The lowest BCUT2D eigenvalue weighted by Crippen LogP contribution is -2.12. The van der Waals surface area contributed by atoms with Crippen LogP contribution < -0.4 is 15.4 Å². The Hall–Kier alpha value is -3.71. The zero-order valence-corrected chi connectivity index (χ0v) is 17.1. The van der Waals surface area contributed by atoms with Crippen molar-refractivity contribution in [2.75, 3.05) is 17.2 Å². The monoisotopic (exact) mass is 416 g/mol. The van der Waals surface area contributed by atoms with E-state index in [1.807, 2.05) is 54.8 Å². The van der Waals surface area contributed by atoms with Crippen molar-refractivity contribution in [3.05, 3.63) is 84.0 Å². The van der Waals surface area contributed by atoms with Crippen LogP contribution in [0.4, 0.5) is 16.5 Å². The smallest absolute Gasteiger partial charge is 0.255 e. The van der Waals surface area contributed by atoms with Gasteiger partial charge < -0.3 is 15.4 Å². The summed E-state index contributed by atoms with van der Waals surface area (Å²) >= 11 is 1.52. The van der Waals surface area contributed by atoms with Gasteiger partial charge in [-0.2, -0.15) is 0 Å². The maximum absolute atomic E-state index is 12.6. The molecule has 0 aliphatic rings. The molecule has 0 spiro atoms. The molecule has 0 unspecified atom stereocenters. The maximum atomic E-state index is 12.6. The van der Waals surface area contributed by atoms with Gasteiger partial charge in [0.25, 0.3) is 5.91 Å². The summed E-state index contributed by atoms with van der Waals surface area (Å²) in [6, 6.07) is 18.5. The van der Waals surface area contributed by atoms with Gasteiger partial charge in [0.05, 0.1) is 12.3 Å². The lowest BCUT2D eigenvalue weighted by molar-refractivity contribution is 0.102. The first-order chi connectivity index (χ1) is 14.7. The van der Waals surface area contributed by atoms with Crippen molar-refractivity contribution < 1.29 is 9.53 Å². The van der Waals surface area contributed by atoms with E-state index in [4.69, 9.17) is 4.74 Å². The second-order valence-electron chi connectivity index (χ2n) is 6.39. The van der Waals surface area contributed by atoms with E-state index in [1.54, 1.807) is 30.6 Å². The first-order valence-electron chi connectivity index (χ1n) is 9.48. The average molecular weight is 417 g/mol. The van der Waals surface area contributed by atoms with Crippen molar-refractivity contribution in [3.63, 3.8) is 0 Å². The van der Waals surface area contributed by atoms with Gasteiger partial charge in [0.1, 0.15) is 5.75 Å². The van der Waals surface area contributed by atoms with Crippen molar-refractivity contribution in [3.8, 4) is 17.0 Å². The van der Waals surface area contributed by atoms with Crippen LogP contribution >= 0.6 is 11.3 Å². The van der Waals surface area contributed by atoms with Gasteiger partial charge in [-0.3, -0.25) is 9.78 Å². The maximum Gasteiger partial charge on any atom is 0.255 e. The molecule has 0 atom stereocenters. The van der Waals surface area contributed by atoms with Gasteiger partial charge in [-0.15, -0.1) is 11.3 Å². The third kappa shape index (κ3) is 4.82. The number of pyridine rings is 1. The molecule has 1 amide bonds. The van der Waals surface area contributed by atoms with Crippen LogP contribution in [0.3, 0.4) is 0 Å². The Morgan fingerprint density at radius 2 is 1.83 bits per heavy atom. The molecular formula is C23H20N4O2S. The Kier molecular flexibility index (Phi) is 6.01. The van der Waals surface area contributed by atoms with E-state index in [0.717, 1.165) is 22.1 Å². The summed E-state index contributed by atoms with van der Waals surface area (Å²) in [7, 11) is 0. The first kappa shape index (κ1) is 19.6. The molecule has 0 aliphatic heterocycles. The molecule has 0 fully saturated rings. The van der Waals surface area contributed by atoms with Crippen LogP contribution in [0.1, 0.15) is 17.3 Å². The van der Waals surface area contributed by atoms with Crippen LogP contribution in [-0.2, 0) is 0 Å². The van der Waals surface area contributed by atoms with Gasteiger partial charge in [-0.05, 0) is 55.5 Å². The summed E-state index contributed by atoms with van der Waals surface area (Å²) in [6.07, 6.45) is 3.50. The molecule has 6 nitrogen and oxygen atoms in total. The summed E-state index contributed by atoms with van der Waals surface area (Å²) in [5, 5.41) is 8.99. The van der Waals surface area contributed by atoms with Gasteiger partial charge in [-0.25, -0.2) is 4.98 Å². The number of amides is 1. The van der Waals surface area contributed by atoms with Crippen molar-refractivity contribution >= 4 is 33.8 Å². The fraction of sp³-hybridized carbons (Fsp3) is 0.0870. The van der Waals surface area contributed by atoms with E-state index in [-0.39, 0.29) is 5.91 Å². The van der Waals surface area contributed by atoms with Gasteiger partial charge >= 0.3 is 0 Å². The largest absolute Gasteiger partial charge is 0.494 e. The Morgan fingerprint density at radius 3 is 2.67 bits per heavy atom. The first-order valence-corrected chi connectivity index (χ1v) is 10.4. The normalized spacial score (nSPS) is 10.4. The second-order valence-corrected chi connectivity index (χ2v) is 7.25. The molecule has 4 rings (SSSR count). The molecule has 2 aromatic heterocycles. The highest BCUT2D eigenvalue weighted by Gasteiger charge is 2.09. The van der Waals surface area contributed by atoms with Crippen LogP contribution in [0.5, 0.6) is 5.75 Å². The number of nitrogens with zero attached hydrogens (tertiary/aromatic N) is 2. The number of anilines is 3. The van der Waals surface area contributed by atoms with Crippen molar-refractivity contribution in [2.24, 2.45) is 0 Å². The highest BCUT2D eigenvalue weighted by Crippen LogP contribution is 2.27. The highest BCUT2D eigenvalue weighted by molar-refractivity contribution is 7.14. The number of nitrogens with one attached hydrogen (secondary N) is 2. The summed E-state index contributed by atoms with van der Waals surface area (Å²) in [5.74, 6) is 0.484. The number of aromatic nitrogens is 2. The number of hydrogen-bond donors (Lipinski definition) is 2. The summed E-state index contributed by atoms with van der Waals surface area (Å²) in [4.78, 5) is 21.3. The molecule has 150 valence electrons. The van der Waals surface area contributed by atoms with E-state index >= 15 is 0 Å². The fourth-order valence-electron chi connectivity index (χ4n) is 2.88. The van der Waals surface area contributed by atoms with E-state index in [0.29, 0.717) is 23.6 Å². The third-order valence-electron chi connectivity index (χ3n) is 4.26. The zero-order valence-electron chi connectivity index (χ0n) is 16.3. The van der Waals surface area contributed by atoms with Gasteiger partial charge in [0.2, 0.25) is 0 Å². The van der Waals surface area contributed by atoms with Crippen LogP contribution in [0, 0.1) is 0 Å². The van der Waals surface area contributed by atoms with Crippen molar-refractivity contribution in [1.82, 2.24) is 9.97 Å². The number of rotatable bonds is 7. The molecule has 0 bridgehead atoms. The molecule has 0 radical (unpaired) electrons. The Balaban J connectivity index is 1.45. The summed E-state index contributed by atoms with van der Waals surface area (Å²) < 4.78 is 5.47. The van der Waals surface area contributed by atoms with E-state index in [1.165, 1.54) is 11.3 Å². The van der Waals surface area contributed by atoms with Crippen molar-refractivity contribution in [2.45, 2.75) is 6.92 Å².